The maximum Gasteiger partial charge on any atom is 0.341 e. The van der Waals surface area contributed by atoms with Crippen LogP contribution in [0.4, 0.5) is 16.4 Å². The molecular weight excluding hydrogens is 561 g/mol. The van der Waals surface area contributed by atoms with E-state index in [2.05, 4.69) is 15.4 Å². The molecule has 0 spiro atoms. The third-order valence-electron chi connectivity index (χ3n) is 5.77. The van der Waals surface area contributed by atoms with Crippen molar-refractivity contribution in [2.45, 2.75) is 25.7 Å². The molecule has 1 amide bonds. The second kappa shape index (κ2) is 12.9. The smallest absolute Gasteiger partial charge is 0.341 e. The molecule has 1 heterocycles. The third kappa shape index (κ3) is 7.05. The molecule has 0 fully saturated rings. The number of hydrogen-bond acceptors (Lipinski definition) is 8. The molecule has 0 radical (unpaired) electrons. The third-order valence-corrected chi connectivity index (χ3v) is 8.57. The molecule has 0 aliphatic rings. The molecule has 0 atom stereocenters. The number of nitrogens with zero attached hydrogens (tertiary/aromatic N) is 1. The van der Waals surface area contributed by atoms with Crippen LogP contribution in [-0.2, 0) is 14.8 Å². The van der Waals surface area contributed by atoms with E-state index in [4.69, 9.17) is 21.7 Å². The molecule has 0 unspecified atom stereocenters. The number of hydrogen-bond donors (Lipinski definition) is 3. The first-order chi connectivity index (χ1) is 18.5. The summed E-state index contributed by atoms with van der Waals surface area (Å²) in [7, 11) is -1.02. The summed E-state index contributed by atoms with van der Waals surface area (Å²) in [5.74, 6) is -0.160. The number of methoxy groups -OCH3 is 2. The number of anilines is 3. The largest absolute Gasteiger partial charge is 0.497 e. The van der Waals surface area contributed by atoms with Crippen molar-refractivity contribution in [3.05, 3.63) is 64.5 Å². The van der Waals surface area contributed by atoms with Crippen LogP contribution in [-0.4, -0.2) is 57.6 Å². The van der Waals surface area contributed by atoms with Gasteiger partial charge in [0.25, 0.3) is 15.9 Å². The molecular formula is C26H30N4O6S3. The van der Waals surface area contributed by atoms with Gasteiger partial charge in [-0.1, -0.05) is 0 Å². The fourth-order valence-electron chi connectivity index (χ4n) is 3.66. The van der Waals surface area contributed by atoms with Gasteiger partial charge in [-0.2, -0.15) is 0 Å². The second-order valence-electron chi connectivity index (χ2n) is 8.17. The topological polar surface area (TPSA) is 126 Å². The fourth-order valence-corrected chi connectivity index (χ4v) is 6.17. The van der Waals surface area contributed by atoms with Gasteiger partial charge < -0.3 is 25.0 Å². The van der Waals surface area contributed by atoms with Gasteiger partial charge in [-0.15, -0.1) is 11.3 Å². The maximum atomic E-state index is 13.0. The van der Waals surface area contributed by atoms with E-state index in [0.29, 0.717) is 45.7 Å². The summed E-state index contributed by atoms with van der Waals surface area (Å²) in [6, 6.07) is 12.5. The summed E-state index contributed by atoms with van der Waals surface area (Å²) in [5, 5.41) is 6.47. The lowest BCUT2D eigenvalue weighted by Crippen LogP contribution is -2.30. The minimum atomic E-state index is -3.82. The highest BCUT2D eigenvalue weighted by atomic mass is 32.2. The molecule has 208 valence electrons. The highest BCUT2D eigenvalue weighted by Crippen LogP contribution is 2.35. The molecule has 0 bridgehead atoms. The first-order valence-electron chi connectivity index (χ1n) is 11.9. The Bertz CT molecular complexity index is 1450. The highest BCUT2D eigenvalue weighted by molar-refractivity contribution is 7.92. The minimum absolute atomic E-state index is 0.0594. The van der Waals surface area contributed by atoms with Crippen molar-refractivity contribution < 1.29 is 27.5 Å². The lowest BCUT2D eigenvalue weighted by Gasteiger charge is -2.18. The number of thiocarbonyl (C=S) groups is 1. The van der Waals surface area contributed by atoms with E-state index in [9.17, 15) is 18.0 Å². The molecule has 1 aromatic heterocycles. The Labute approximate surface area is 237 Å². The average molecular weight is 591 g/mol. The molecule has 13 heteroatoms. The zero-order valence-electron chi connectivity index (χ0n) is 22.2. The van der Waals surface area contributed by atoms with Crippen LogP contribution in [0.15, 0.2) is 53.4 Å². The van der Waals surface area contributed by atoms with E-state index >= 15 is 0 Å². The van der Waals surface area contributed by atoms with E-state index in [0.717, 1.165) is 11.3 Å². The van der Waals surface area contributed by atoms with Crippen molar-refractivity contribution in [1.82, 2.24) is 4.90 Å². The number of rotatable bonds is 10. The number of thiophene rings is 1. The molecule has 0 saturated heterocycles. The van der Waals surface area contributed by atoms with Crippen LogP contribution < -0.4 is 20.1 Å². The zero-order chi connectivity index (χ0) is 28.7. The van der Waals surface area contributed by atoms with Crippen LogP contribution in [0.2, 0.25) is 0 Å². The average Bonchev–Trinajstić information content (AvgIpc) is 3.24. The van der Waals surface area contributed by atoms with Crippen LogP contribution >= 0.6 is 23.6 Å². The molecule has 3 N–H and O–H groups in total. The molecule has 2 aromatic carbocycles. The first kappa shape index (κ1) is 29.9. The molecule has 3 rings (SSSR count). The van der Waals surface area contributed by atoms with E-state index in [1.54, 1.807) is 48.2 Å². The lowest BCUT2D eigenvalue weighted by atomic mass is 10.1. The molecule has 3 aromatic rings. The van der Waals surface area contributed by atoms with Gasteiger partial charge in [0.1, 0.15) is 10.8 Å². The Balaban J connectivity index is 1.75. The Morgan fingerprint density at radius 2 is 1.54 bits per heavy atom. The first-order valence-corrected chi connectivity index (χ1v) is 14.6. The predicted molar refractivity (Wildman–Crippen MR) is 158 cm³/mol. The van der Waals surface area contributed by atoms with E-state index in [1.165, 1.54) is 26.4 Å². The van der Waals surface area contributed by atoms with E-state index in [1.807, 2.05) is 13.8 Å². The number of nitrogens with one attached hydrogen (secondary N) is 3. The van der Waals surface area contributed by atoms with Crippen molar-refractivity contribution >= 4 is 66.9 Å². The second-order valence-corrected chi connectivity index (χ2v) is 11.3. The molecule has 39 heavy (non-hydrogen) atoms. The molecule has 0 aliphatic heterocycles. The highest BCUT2D eigenvalue weighted by Gasteiger charge is 2.27. The Hall–Kier alpha value is -3.68. The van der Waals surface area contributed by atoms with Crippen molar-refractivity contribution in [3.63, 3.8) is 0 Å². The van der Waals surface area contributed by atoms with Crippen LogP contribution in [0.3, 0.4) is 0 Å². The number of ether oxygens (including phenoxy) is 2. The van der Waals surface area contributed by atoms with E-state index < -0.39 is 16.0 Å². The van der Waals surface area contributed by atoms with Gasteiger partial charge in [0.05, 0.1) is 29.6 Å². The van der Waals surface area contributed by atoms with Crippen LogP contribution in [0.1, 0.15) is 39.4 Å². The van der Waals surface area contributed by atoms with Gasteiger partial charge in [0, 0.05) is 24.5 Å². The molecule has 0 saturated carbocycles. The number of sulfonamides is 1. The summed E-state index contributed by atoms with van der Waals surface area (Å²) in [6.45, 7) is 6.53. The number of carbonyl (C=O) groups excluding carboxylic acids is 2. The van der Waals surface area contributed by atoms with Crippen LogP contribution in [0.25, 0.3) is 0 Å². The van der Waals surface area contributed by atoms with Gasteiger partial charge >= 0.3 is 5.97 Å². The van der Waals surface area contributed by atoms with Gasteiger partial charge in [0.2, 0.25) is 0 Å². The van der Waals surface area contributed by atoms with Gasteiger partial charge in [-0.25, -0.2) is 13.2 Å². The van der Waals surface area contributed by atoms with Gasteiger partial charge in [0.15, 0.2) is 5.11 Å². The molecule has 10 nitrogen and oxygen atoms in total. The normalized spacial score (nSPS) is 10.9. The summed E-state index contributed by atoms with van der Waals surface area (Å²) >= 11 is 6.54. The SMILES string of the molecule is CCN(CC)C(=O)c1sc(NC(=S)Nc2ccc(S(=O)(=O)Nc3ccc(OC)cc3)cc2)c(C(=O)OC)c1C. The Kier molecular flexibility index (Phi) is 9.89. The Morgan fingerprint density at radius 3 is 2.08 bits per heavy atom. The standard InChI is InChI=1S/C26H30N4O6S3/c1-6-30(7-2)24(31)22-16(3)21(25(32)36-5)23(38-22)28-26(37)27-17-10-14-20(15-11-17)39(33,34)29-18-8-12-19(35-4)13-9-18/h8-15,29H,6-7H2,1-5H3,(H2,27,28,37). The summed E-state index contributed by atoms with van der Waals surface area (Å²) < 4.78 is 38.1. The van der Waals surface area contributed by atoms with Crippen LogP contribution in [0, 0.1) is 6.92 Å². The summed E-state index contributed by atoms with van der Waals surface area (Å²) in [4.78, 5) is 27.7. The number of carbonyl (C=O) groups is 2. The summed E-state index contributed by atoms with van der Waals surface area (Å²) in [5.41, 5.74) is 1.65. The maximum absolute atomic E-state index is 13.0. The van der Waals surface area contributed by atoms with Crippen molar-refractivity contribution in [2.75, 3.05) is 42.7 Å². The van der Waals surface area contributed by atoms with Crippen molar-refractivity contribution in [2.24, 2.45) is 0 Å². The van der Waals surface area contributed by atoms with Crippen molar-refractivity contribution in [1.29, 1.82) is 0 Å². The van der Waals surface area contributed by atoms with Gasteiger partial charge in [-0.3, -0.25) is 9.52 Å². The van der Waals surface area contributed by atoms with Crippen LogP contribution in [0.5, 0.6) is 5.75 Å². The number of benzene rings is 2. The number of esters is 1. The lowest BCUT2D eigenvalue weighted by molar-refractivity contribution is 0.0601. The zero-order valence-corrected chi connectivity index (χ0v) is 24.6. The Morgan fingerprint density at radius 1 is 0.949 bits per heavy atom. The monoisotopic (exact) mass is 590 g/mol. The minimum Gasteiger partial charge on any atom is -0.497 e. The fraction of sp³-hybridized carbons (Fsp3) is 0.269. The number of amides is 1. The quantitative estimate of drug-likeness (QED) is 0.222. The van der Waals surface area contributed by atoms with Crippen molar-refractivity contribution in [3.8, 4) is 5.75 Å². The predicted octanol–water partition coefficient (Wildman–Crippen LogP) is 4.94. The molecule has 0 aliphatic carbocycles. The summed E-state index contributed by atoms with van der Waals surface area (Å²) in [6.07, 6.45) is 0. The van der Waals surface area contributed by atoms with E-state index in [-0.39, 0.29) is 21.5 Å². The van der Waals surface area contributed by atoms with Gasteiger partial charge in [-0.05, 0) is 87.1 Å².